The van der Waals surface area contributed by atoms with E-state index in [1.807, 2.05) is 0 Å². The van der Waals surface area contributed by atoms with Gasteiger partial charge in [-0.15, -0.1) is 0 Å². The van der Waals surface area contributed by atoms with Gasteiger partial charge >= 0.3 is 12.3 Å². The van der Waals surface area contributed by atoms with E-state index in [0.717, 1.165) is 12.1 Å². The number of carbonyl (C=O) groups excluding carboxylic acids is 2. The molecule has 0 saturated carbocycles. The molecule has 2 rings (SSSR count). The van der Waals surface area contributed by atoms with Gasteiger partial charge in [-0.1, -0.05) is 0 Å². The van der Waals surface area contributed by atoms with Crippen LogP contribution in [0.2, 0.25) is 0 Å². The summed E-state index contributed by atoms with van der Waals surface area (Å²) in [5.41, 5.74) is -2.21. The Balaban J connectivity index is 1.86. The smallest absolute Gasteiger partial charge is 0.416 e. The van der Waals surface area contributed by atoms with E-state index in [1.54, 1.807) is 30.6 Å². The zero-order valence-electron chi connectivity index (χ0n) is 18.2. The number of nitro groups is 1. The zero-order valence-corrected chi connectivity index (χ0v) is 18.2. The molecule has 0 atom stereocenters. The first kappa shape index (κ1) is 25.2. The average Bonchev–Trinajstić information content (AvgIpc) is 2.68. The fraction of sp³-hybridized carbons (Fsp3) is 0.600. The lowest BCUT2D eigenvalue weighted by Gasteiger charge is -2.36. The molecule has 1 aliphatic heterocycles. The van der Waals surface area contributed by atoms with Crippen LogP contribution in [0, 0.1) is 10.1 Å². The highest BCUT2D eigenvalue weighted by Gasteiger charge is 2.34. The molecule has 178 valence electrons. The Bertz CT molecular complexity index is 847. The predicted octanol–water partition coefficient (Wildman–Crippen LogP) is 3.57. The molecule has 0 aromatic heterocycles. The summed E-state index contributed by atoms with van der Waals surface area (Å²) >= 11 is 0. The van der Waals surface area contributed by atoms with Gasteiger partial charge in [-0.25, -0.2) is 4.79 Å². The lowest BCUT2D eigenvalue weighted by molar-refractivity contribution is -0.384. The fourth-order valence-corrected chi connectivity index (χ4v) is 3.21. The summed E-state index contributed by atoms with van der Waals surface area (Å²) in [5, 5.41) is 13.9. The van der Waals surface area contributed by atoms with Crippen LogP contribution in [0.25, 0.3) is 0 Å². The molecule has 1 heterocycles. The van der Waals surface area contributed by atoms with Crippen LogP contribution < -0.4 is 10.2 Å². The van der Waals surface area contributed by atoms with E-state index < -0.39 is 34.0 Å². The second kappa shape index (κ2) is 10.0. The maximum Gasteiger partial charge on any atom is 0.416 e. The normalized spacial score (nSPS) is 14.8. The largest absolute Gasteiger partial charge is 0.444 e. The number of amides is 2. The van der Waals surface area contributed by atoms with Crippen molar-refractivity contribution in [3.63, 3.8) is 0 Å². The van der Waals surface area contributed by atoms with Crippen LogP contribution in [0.5, 0.6) is 0 Å². The maximum atomic E-state index is 12.9. The summed E-state index contributed by atoms with van der Waals surface area (Å²) in [7, 11) is 0. The minimum absolute atomic E-state index is 0.0941. The van der Waals surface area contributed by atoms with E-state index in [0.29, 0.717) is 12.5 Å². The minimum Gasteiger partial charge on any atom is -0.444 e. The highest BCUT2D eigenvalue weighted by molar-refractivity contribution is 5.77. The molecule has 1 N–H and O–H groups in total. The number of halogens is 3. The highest BCUT2D eigenvalue weighted by atomic mass is 19.4. The number of ether oxygens (including phenoxy) is 1. The van der Waals surface area contributed by atoms with Gasteiger partial charge in [0.25, 0.3) is 5.69 Å². The number of hydrogen-bond acceptors (Lipinski definition) is 6. The first-order chi connectivity index (χ1) is 14.8. The molecule has 1 aliphatic rings. The van der Waals surface area contributed by atoms with Gasteiger partial charge in [-0.05, 0) is 39.3 Å². The van der Waals surface area contributed by atoms with Gasteiger partial charge in [0, 0.05) is 45.2 Å². The van der Waals surface area contributed by atoms with Gasteiger partial charge in [0.15, 0.2) is 0 Å². The van der Waals surface area contributed by atoms with E-state index in [2.05, 4.69) is 5.32 Å². The first-order valence-corrected chi connectivity index (χ1v) is 10.1. The number of alkyl halides is 3. The molecule has 12 heteroatoms. The lowest BCUT2D eigenvalue weighted by atomic mass is 10.1. The number of nitrogens with one attached hydrogen (secondary N) is 1. The third-order valence-corrected chi connectivity index (χ3v) is 4.71. The second-order valence-corrected chi connectivity index (χ2v) is 8.36. The van der Waals surface area contributed by atoms with Crippen molar-refractivity contribution in [2.24, 2.45) is 0 Å². The number of carbonyl (C=O) groups is 2. The summed E-state index contributed by atoms with van der Waals surface area (Å²) in [6.07, 6.45) is -4.61. The third-order valence-electron chi connectivity index (χ3n) is 4.71. The van der Waals surface area contributed by atoms with Crippen LogP contribution in [0.15, 0.2) is 18.2 Å². The van der Waals surface area contributed by atoms with Gasteiger partial charge in [0.05, 0.1) is 10.5 Å². The van der Waals surface area contributed by atoms with Gasteiger partial charge in [0.2, 0.25) is 5.91 Å². The van der Waals surface area contributed by atoms with Crippen molar-refractivity contribution in [3.8, 4) is 0 Å². The lowest BCUT2D eigenvalue weighted by Crippen LogP contribution is -2.49. The molecule has 9 nitrogen and oxygen atoms in total. The number of nitro benzene ring substituents is 1. The number of alkyl carbamates (subject to hydrolysis) is 1. The van der Waals surface area contributed by atoms with Crippen molar-refractivity contribution in [2.45, 2.75) is 45.4 Å². The summed E-state index contributed by atoms with van der Waals surface area (Å²) in [6.45, 7) is 6.60. The molecular weight excluding hydrogens is 433 g/mol. The van der Waals surface area contributed by atoms with Crippen LogP contribution in [-0.4, -0.2) is 60.1 Å². The topological polar surface area (TPSA) is 105 Å². The molecule has 2 amide bonds. The molecule has 1 saturated heterocycles. The summed E-state index contributed by atoms with van der Waals surface area (Å²) in [6, 6.07) is 2.45. The average molecular weight is 460 g/mol. The molecule has 0 bridgehead atoms. The van der Waals surface area contributed by atoms with Crippen LogP contribution in [-0.2, 0) is 15.7 Å². The Morgan fingerprint density at radius 3 is 2.31 bits per heavy atom. The zero-order chi connectivity index (χ0) is 24.1. The van der Waals surface area contributed by atoms with Crippen molar-refractivity contribution in [3.05, 3.63) is 33.9 Å². The van der Waals surface area contributed by atoms with Crippen LogP contribution in [0.1, 0.15) is 39.2 Å². The first-order valence-electron chi connectivity index (χ1n) is 10.1. The van der Waals surface area contributed by atoms with Gasteiger partial charge < -0.3 is 19.9 Å². The van der Waals surface area contributed by atoms with E-state index >= 15 is 0 Å². The monoisotopic (exact) mass is 460 g/mol. The number of benzene rings is 1. The van der Waals surface area contributed by atoms with Crippen molar-refractivity contribution in [1.82, 2.24) is 10.2 Å². The molecule has 0 spiro atoms. The van der Waals surface area contributed by atoms with E-state index in [4.69, 9.17) is 4.74 Å². The second-order valence-electron chi connectivity index (χ2n) is 8.36. The van der Waals surface area contributed by atoms with Crippen molar-refractivity contribution in [1.29, 1.82) is 0 Å². The highest BCUT2D eigenvalue weighted by Crippen LogP contribution is 2.36. The molecule has 0 radical (unpaired) electrons. The quantitative estimate of drug-likeness (QED) is 0.395. The standard InChI is InChI=1S/C20H27F3N4O5/c1-19(2,3)32-18(29)24-8-4-5-17(28)26-11-9-25(10-12-26)15-7-6-14(20(21,22)23)13-16(15)27(30)31/h6-7,13H,4-5,8-12H2,1-3H3,(H,24,29). The number of hydrogen-bond donors (Lipinski definition) is 1. The fourth-order valence-electron chi connectivity index (χ4n) is 3.21. The van der Waals surface area contributed by atoms with Crippen LogP contribution in [0.4, 0.5) is 29.3 Å². The van der Waals surface area contributed by atoms with E-state index in [9.17, 15) is 32.9 Å². The molecule has 1 fully saturated rings. The Morgan fingerprint density at radius 1 is 1.16 bits per heavy atom. The van der Waals surface area contributed by atoms with Crippen LogP contribution in [0.3, 0.4) is 0 Å². The molecule has 32 heavy (non-hydrogen) atoms. The summed E-state index contributed by atoms with van der Waals surface area (Å²) in [4.78, 5) is 37.6. The number of rotatable bonds is 6. The SMILES string of the molecule is CC(C)(C)OC(=O)NCCCC(=O)N1CCN(c2ccc(C(F)(F)F)cc2[N+](=O)[O-])CC1. The van der Waals surface area contributed by atoms with Gasteiger partial charge in [-0.2, -0.15) is 13.2 Å². The molecular formula is C20H27F3N4O5. The molecule has 0 unspecified atom stereocenters. The minimum atomic E-state index is -4.67. The Kier molecular flexibility index (Phi) is 7.92. The van der Waals surface area contributed by atoms with Gasteiger partial charge in [0.1, 0.15) is 11.3 Å². The van der Waals surface area contributed by atoms with E-state index in [1.165, 1.54) is 0 Å². The summed E-state index contributed by atoms with van der Waals surface area (Å²) in [5.74, 6) is -0.127. The Morgan fingerprint density at radius 2 is 1.78 bits per heavy atom. The van der Waals surface area contributed by atoms with Crippen molar-refractivity contribution in [2.75, 3.05) is 37.6 Å². The third kappa shape index (κ3) is 7.27. The molecule has 0 aliphatic carbocycles. The predicted molar refractivity (Wildman–Crippen MR) is 110 cm³/mol. The van der Waals surface area contributed by atoms with Crippen molar-refractivity contribution < 1.29 is 32.4 Å². The van der Waals surface area contributed by atoms with Crippen LogP contribution >= 0.6 is 0 Å². The Hall–Kier alpha value is -3.05. The maximum absolute atomic E-state index is 12.9. The molecule has 1 aromatic carbocycles. The van der Waals surface area contributed by atoms with E-state index in [-0.39, 0.29) is 50.7 Å². The van der Waals surface area contributed by atoms with Gasteiger partial charge in [-0.3, -0.25) is 14.9 Å². The Labute approximate surface area is 183 Å². The number of piperazine rings is 1. The number of nitrogens with zero attached hydrogens (tertiary/aromatic N) is 3. The summed E-state index contributed by atoms with van der Waals surface area (Å²) < 4.78 is 43.7. The number of anilines is 1. The van der Waals surface area contributed by atoms with Crippen molar-refractivity contribution >= 4 is 23.4 Å². The molecule has 1 aromatic rings.